The Morgan fingerprint density at radius 3 is 2.71 bits per heavy atom. The molecule has 7 nitrogen and oxygen atoms in total. The third-order valence-corrected chi connectivity index (χ3v) is 4.55. The summed E-state index contributed by atoms with van der Waals surface area (Å²) in [6, 6.07) is 13.7. The van der Waals surface area contributed by atoms with Gasteiger partial charge < -0.3 is 10.6 Å². The second-order valence-corrected chi connectivity index (χ2v) is 6.58. The number of hydrogen-bond acceptors (Lipinski definition) is 4. The summed E-state index contributed by atoms with van der Waals surface area (Å²) in [5, 5.41) is 9.92. The van der Waals surface area contributed by atoms with Crippen molar-refractivity contribution in [3.05, 3.63) is 83.2 Å². The van der Waals surface area contributed by atoms with Gasteiger partial charge in [0.25, 0.3) is 11.8 Å². The van der Waals surface area contributed by atoms with Crippen LogP contribution in [0.5, 0.6) is 0 Å². The van der Waals surface area contributed by atoms with E-state index in [0.717, 1.165) is 11.3 Å². The van der Waals surface area contributed by atoms with E-state index in [9.17, 15) is 14.0 Å². The van der Waals surface area contributed by atoms with Crippen LogP contribution in [0, 0.1) is 5.82 Å². The van der Waals surface area contributed by atoms with Gasteiger partial charge in [0.05, 0.1) is 12.6 Å². The van der Waals surface area contributed by atoms with Gasteiger partial charge in [-0.2, -0.15) is 5.10 Å². The Kier molecular flexibility index (Phi) is 4.84. The number of pyridine rings is 1. The summed E-state index contributed by atoms with van der Waals surface area (Å²) in [6.45, 7) is 0.845. The van der Waals surface area contributed by atoms with Crippen molar-refractivity contribution in [2.45, 2.75) is 25.6 Å². The molecule has 0 aliphatic carbocycles. The van der Waals surface area contributed by atoms with Gasteiger partial charge in [0.15, 0.2) is 11.5 Å². The third kappa shape index (κ3) is 3.75. The number of benzene rings is 1. The molecule has 28 heavy (non-hydrogen) atoms. The van der Waals surface area contributed by atoms with Crippen LogP contribution in [0.4, 0.5) is 4.39 Å². The topological polar surface area (TPSA) is 88.9 Å². The summed E-state index contributed by atoms with van der Waals surface area (Å²) in [7, 11) is 0. The number of nitrogens with one attached hydrogen (secondary N) is 2. The highest BCUT2D eigenvalue weighted by Gasteiger charge is 2.27. The monoisotopic (exact) mass is 379 g/mol. The van der Waals surface area contributed by atoms with E-state index in [1.807, 2.05) is 30.3 Å². The fourth-order valence-corrected chi connectivity index (χ4v) is 3.19. The van der Waals surface area contributed by atoms with Crippen LogP contribution in [-0.4, -0.2) is 32.6 Å². The van der Waals surface area contributed by atoms with E-state index >= 15 is 0 Å². The molecule has 0 spiro atoms. The van der Waals surface area contributed by atoms with Gasteiger partial charge in [-0.1, -0.05) is 30.3 Å². The molecule has 2 N–H and O–H groups in total. The molecule has 8 heteroatoms. The molecule has 142 valence electrons. The average Bonchev–Trinajstić information content (AvgIpc) is 3.26. The molecule has 1 aliphatic heterocycles. The number of carbonyl (C=O) groups excluding carboxylic acids is 2. The summed E-state index contributed by atoms with van der Waals surface area (Å²) >= 11 is 0. The maximum absolute atomic E-state index is 13.7. The predicted octanol–water partition coefficient (Wildman–Crippen LogP) is 1.70. The van der Waals surface area contributed by atoms with Crippen LogP contribution in [-0.2, 0) is 19.5 Å². The lowest BCUT2D eigenvalue weighted by molar-refractivity contribution is 0.0920. The van der Waals surface area contributed by atoms with Gasteiger partial charge in [-0.25, -0.2) is 9.37 Å². The molecule has 0 fully saturated rings. The molecule has 2 amide bonds. The van der Waals surface area contributed by atoms with Crippen molar-refractivity contribution >= 4 is 11.8 Å². The molecule has 0 unspecified atom stereocenters. The number of halogens is 1. The third-order valence-electron chi connectivity index (χ3n) is 4.55. The van der Waals surface area contributed by atoms with Crippen LogP contribution in [0.1, 0.15) is 32.2 Å². The molecular formula is C20H18FN5O2. The van der Waals surface area contributed by atoms with Crippen LogP contribution in [0.2, 0.25) is 0 Å². The molecule has 0 radical (unpaired) electrons. The summed E-state index contributed by atoms with van der Waals surface area (Å²) in [6.07, 6.45) is 1.89. The average molecular weight is 379 g/mol. The number of amides is 2. The smallest absolute Gasteiger partial charge is 0.273 e. The zero-order chi connectivity index (χ0) is 19.5. The van der Waals surface area contributed by atoms with Crippen LogP contribution < -0.4 is 10.6 Å². The molecule has 3 aromatic rings. The Labute approximate surface area is 160 Å². The van der Waals surface area contributed by atoms with Gasteiger partial charge >= 0.3 is 0 Å². The van der Waals surface area contributed by atoms with Crippen LogP contribution in [0.3, 0.4) is 0 Å². The minimum atomic E-state index is -0.659. The van der Waals surface area contributed by atoms with Gasteiger partial charge in [0.2, 0.25) is 0 Å². The van der Waals surface area contributed by atoms with Gasteiger partial charge in [-0.15, -0.1) is 0 Å². The fraction of sp³-hybridized carbons (Fsp3) is 0.200. The summed E-state index contributed by atoms with van der Waals surface area (Å²) in [4.78, 5) is 28.3. The van der Waals surface area contributed by atoms with Gasteiger partial charge in [0, 0.05) is 24.9 Å². The van der Waals surface area contributed by atoms with Crippen molar-refractivity contribution in [3.63, 3.8) is 0 Å². The zero-order valence-electron chi connectivity index (χ0n) is 14.9. The summed E-state index contributed by atoms with van der Waals surface area (Å²) in [5.41, 5.74) is 1.96. The standard InChI is InChI=1S/C20H18FN5O2/c21-16-7-4-8-22-18(16)20(28)24-14-9-15-10-17(25-26(15)12-14)19(27)23-11-13-5-2-1-3-6-13/h1-8,10,14H,9,11-12H2,(H,23,27)(H,24,28)/t14-/m0/s1. The van der Waals surface area contributed by atoms with Gasteiger partial charge in [-0.3, -0.25) is 14.3 Å². The first-order valence-corrected chi connectivity index (χ1v) is 8.90. The lowest BCUT2D eigenvalue weighted by Crippen LogP contribution is -2.37. The Balaban J connectivity index is 1.34. The highest BCUT2D eigenvalue weighted by molar-refractivity contribution is 5.93. The van der Waals surface area contributed by atoms with Crippen molar-refractivity contribution in [2.75, 3.05) is 0 Å². The number of carbonyl (C=O) groups is 2. The molecule has 0 saturated heterocycles. The predicted molar refractivity (Wildman–Crippen MR) is 99.0 cm³/mol. The molecular weight excluding hydrogens is 361 g/mol. The van der Waals surface area contributed by atoms with Crippen LogP contribution in [0.25, 0.3) is 0 Å². The number of aromatic nitrogens is 3. The van der Waals surface area contributed by atoms with Crippen molar-refractivity contribution in [2.24, 2.45) is 0 Å². The molecule has 1 atom stereocenters. The highest BCUT2D eigenvalue weighted by atomic mass is 19.1. The Hall–Kier alpha value is -3.55. The van der Waals surface area contributed by atoms with Crippen LogP contribution >= 0.6 is 0 Å². The first kappa shape index (κ1) is 17.8. The second kappa shape index (κ2) is 7.59. The zero-order valence-corrected chi connectivity index (χ0v) is 14.9. The highest BCUT2D eigenvalue weighted by Crippen LogP contribution is 2.17. The van der Waals surface area contributed by atoms with Gasteiger partial charge in [0.1, 0.15) is 5.69 Å². The Morgan fingerprint density at radius 2 is 1.96 bits per heavy atom. The molecule has 1 aliphatic rings. The lowest BCUT2D eigenvalue weighted by atomic mass is 10.2. The molecule has 2 aromatic heterocycles. The van der Waals surface area contributed by atoms with E-state index in [1.54, 1.807) is 10.7 Å². The quantitative estimate of drug-likeness (QED) is 0.706. The Bertz CT molecular complexity index is 995. The van der Waals surface area contributed by atoms with Crippen molar-refractivity contribution in [1.29, 1.82) is 0 Å². The lowest BCUT2D eigenvalue weighted by Gasteiger charge is -2.11. The molecule has 3 heterocycles. The first-order valence-electron chi connectivity index (χ1n) is 8.90. The second-order valence-electron chi connectivity index (χ2n) is 6.58. The Morgan fingerprint density at radius 1 is 1.14 bits per heavy atom. The van der Waals surface area contributed by atoms with E-state index in [4.69, 9.17) is 0 Å². The SMILES string of the molecule is O=C(NCc1ccccc1)c1cc2n(n1)C[C@@H](NC(=O)c1ncccc1F)C2. The number of rotatable bonds is 5. The molecule has 0 saturated carbocycles. The largest absolute Gasteiger partial charge is 0.347 e. The van der Waals surface area contributed by atoms with Gasteiger partial charge in [-0.05, 0) is 23.8 Å². The van der Waals surface area contributed by atoms with E-state index < -0.39 is 11.7 Å². The van der Waals surface area contributed by atoms with Crippen LogP contribution in [0.15, 0.2) is 54.7 Å². The fourth-order valence-electron chi connectivity index (χ4n) is 3.19. The normalized spacial score (nSPS) is 15.1. The van der Waals surface area contributed by atoms with E-state index in [-0.39, 0.29) is 17.6 Å². The van der Waals surface area contributed by atoms with Crippen molar-refractivity contribution < 1.29 is 14.0 Å². The maximum atomic E-state index is 13.7. The maximum Gasteiger partial charge on any atom is 0.273 e. The van der Waals surface area contributed by atoms with E-state index in [2.05, 4.69) is 20.7 Å². The molecule has 4 rings (SSSR count). The molecule has 1 aromatic carbocycles. The summed E-state index contributed by atoms with van der Waals surface area (Å²) in [5.74, 6) is -1.47. The van der Waals surface area contributed by atoms with E-state index in [0.29, 0.717) is 25.2 Å². The van der Waals surface area contributed by atoms with E-state index in [1.165, 1.54) is 18.3 Å². The minimum absolute atomic E-state index is 0.224. The number of fused-ring (bicyclic) bond motifs is 1. The first-order chi connectivity index (χ1) is 13.6. The molecule has 0 bridgehead atoms. The minimum Gasteiger partial charge on any atom is -0.347 e. The number of nitrogens with zero attached hydrogens (tertiary/aromatic N) is 3. The van der Waals surface area contributed by atoms with Crippen molar-refractivity contribution in [1.82, 2.24) is 25.4 Å². The summed E-state index contributed by atoms with van der Waals surface area (Å²) < 4.78 is 15.4. The number of hydrogen-bond donors (Lipinski definition) is 2. The van der Waals surface area contributed by atoms with Crippen molar-refractivity contribution in [3.8, 4) is 0 Å².